The summed E-state index contributed by atoms with van der Waals surface area (Å²) in [6.45, 7) is 2.02. The number of rotatable bonds is 2. The number of hydrogen-bond acceptors (Lipinski definition) is 5. The quantitative estimate of drug-likeness (QED) is 0.836. The molecule has 7 heteroatoms. The molecule has 0 saturated carbocycles. The first-order chi connectivity index (χ1) is 11.5. The maximum atomic E-state index is 13.1. The SMILES string of the molecule is Cc1cccc2c1N(S(=O)(=O)c1ccc3c(c1)OCO3)CCC2=O. The highest BCUT2D eigenvalue weighted by atomic mass is 32.2. The van der Waals surface area contributed by atoms with Gasteiger partial charge in [-0.15, -0.1) is 0 Å². The van der Waals surface area contributed by atoms with Crippen molar-refractivity contribution in [2.75, 3.05) is 17.6 Å². The van der Waals surface area contributed by atoms with Gasteiger partial charge in [-0.05, 0) is 30.7 Å². The van der Waals surface area contributed by atoms with E-state index in [4.69, 9.17) is 9.47 Å². The van der Waals surface area contributed by atoms with Crippen LogP contribution in [0.1, 0.15) is 22.3 Å². The van der Waals surface area contributed by atoms with E-state index in [1.807, 2.05) is 0 Å². The van der Waals surface area contributed by atoms with Crippen molar-refractivity contribution in [3.8, 4) is 11.5 Å². The lowest BCUT2D eigenvalue weighted by Gasteiger charge is -2.31. The van der Waals surface area contributed by atoms with Crippen LogP contribution in [0.25, 0.3) is 0 Å². The van der Waals surface area contributed by atoms with Crippen molar-refractivity contribution in [3.63, 3.8) is 0 Å². The standard InChI is InChI=1S/C17H15NO5S/c1-11-3-2-4-13-14(19)7-8-18(17(11)13)24(20,21)12-5-6-15-16(9-12)23-10-22-15/h2-6,9H,7-8,10H2,1H3. The zero-order valence-electron chi connectivity index (χ0n) is 13.0. The largest absolute Gasteiger partial charge is 0.454 e. The Hall–Kier alpha value is -2.54. The smallest absolute Gasteiger partial charge is 0.264 e. The van der Waals surface area contributed by atoms with Gasteiger partial charge in [0.15, 0.2) is 17.3 Å². The van der Waals surface area contributed by atoms with Gasteiger partial charge in [-0.2, -0.15) is 0 Å². The number of ether oxygens (including phenoxy) is 2. The van der Waals surface area contributed by atoms with Gasteiger partial charge in [0.2, 0.25) is 6.79 Å². The lowest BCUT2D eigenvalue weighted by molar-refractivity contribution is 0.0982. The Morgan fingerprint density at radius 1 is 1.08 bits per heavy atom. The third-order valence-corrected chi connectivity index (χ3v) is 6.06. The molecular formula is C17H15NO5S. The van der Waals surface area contributed by atoms with E-state index in [1.54, 1.807) is 31.2 Å². The van der Waals surface area contributed by atoms with Crippen LogP contribution in [0.4, 0.5) is 5.69 Å². The Bertz CT molecular complexity index is 951. The van der Waals surface area contributed by atoms with E-state index >= 15 is 0 Å². The Labute approximate surface area is 139 Å². The molecule has 4 rings (SSSR count). The van der Waals surface area contributed by atoms with Crippen LogP contribution in [0.5, 0.6) is 11.5 Å². The van der Waals surface area contributed by atoms with Gasteiger partial charge in [-0.3, -0.25) is 9.10 Å². The molecule has 2 heterocycles. The number of sulfonamides is 1. The molecule has 6 nitrogen and oxygen atoms in total. The summed E-state index contributed by atoms with van der Waals surface area (Å²) in [5.74, 6) is 0.902. The van der Waals surface area contributed by atoms with Crippen LogP contribution in [0.2, 0.25) is 0 Å². The van der Waals surface area contributed by atoms with E-state index in [0.29, 0.717) is 22.7 Å². The Kier molecular flexibility index (Phi) is 3.28. The highest BCUT2D eigenvalue weighted by Gasteiger charge is 2.34. The van der Waals surface area contributed by atoms with Crippen molar-refractivity contribution in [2.24, 2.45) is 0 Å². The van der Waals surface area contributed by atoms with Gasteiger partial charge >= 0.3 is 0 Å². The molecule has 0 spiro atoms. The summed E-state index contributed by atoms with van der Waals surface area (Å²) < 4.78 is 38.1. The summed E-state index contributed by atoms with van der Waals surface area (Å²) in [5.41, 5.74) is 1.67. The fourth-order valence-electron chi connectivity index (χ4n) is 3.07. The van der Waals surface area contributed by atoms with Crippen molar-refractivity contribution < 1.29 is 22.7 Å². The van der Waals surface area contributed by atoms with Crippen molar-refractivity contribution in [2.45, 2.75) is 18.2 Å². The lowest BCUT2D eigenvalue weighted by Crippen LogP contribution is -2.38. The summed E-state index contributed by atoms with van der Waals surface area (Å²) >= 11 is 0. The molecule has 0 unspecified atom stereocenters. The number of para-hydroxylation sites is 1. The van der Waals surface area contributed by atoms with Crippen LogP contribution >= 0.6 is 0 Å². The normalized spacial score (nSPS) is 16.2. The molecular weight excluding hydrogens is 330 g/mol. The number of nitrogens with zero attached hydrogens (tertiary/aromatic N) is 1. The second-order valence-corrected chi connectivity index (χ2v) is 7.60. The molecule has 124 valence electrons. The number of Topliss-reactive ketones (excluding diaryl/α,β-unsaturated/α-hetero) is 1. The average Bonchev–Trinajstić information content (AvgIpc) is 3.03. The lowest BCUT2D eigenvalue weighted by atomic mass is 9.99. The van der Waals surface area contributed by atoms with Crippen molar-refractivity contribution in [1.82, 2.24) is 0 Å². The third-order valence-electron chi connectivity index (χ3n) is 4.26. The number of carbonyl (C=O) groups is 1. The van der Waals surface area contributed by atoms with E-state index in [-0.39, 0.29) is 30.4 Å². The molecule has 2 aliphatic rings. The van der Waals surface area contributed by atoms with Gasteiger partial charge in [0, 0.05) is 24.6 Å². The van der Waals surface area contributed by atoms with Crippen molar-refractivity contribution in [1.29, 1.82) is 0 Å². The van der Waals surface area contributed by atoms with E-state index in [2.05, 4.69) is 0 Å². The second kappa shape index (κ2) is 5.24. The van der Waals surface area contributed by atoms with Gasteiger partial charge < -0.3 is 9.47 Å². The number of anilines is 1. The summed E-state index contributed by atoms with van der Waals surface area (Å²) in [6, 6.07) is 9.79. The highest BCUT2D eigenvalue weighted by molar-refractivity contribution is 7.92. The van der Waals surface area contributed by atoms with Crippen LogP contribution in [-0.4, -0.2) is 27.5 Å². The van der Waals surface area contributed by atoms with Crippen LogP contribution in [0.15, 0.2) is 41.3 Å². The van der Waals surface area contributed by atoms with Gasteiger partial charge in [0.1, 0.15) is 0 Å². The van der Waals surface area contributed by atoms with Crippen LogP contribution < -0.4 is 13.8 Å². The number of fused-ring (bicyclic) bond motifs is 2. The Balaban J connectivity index is 1.84. The summed E-state index contributed by atoms with van der Waals surface area (Å²) in [7, 11) is -3.80. The topological polar surface area (TPSA) is 72.9 Å². The van der Waals surface area contributed by atoms with Gasteiger partial charge in [0.05, 0.1) is 10.6 Å². The number of carbonyl (C=O) groups excluding carboxylic acids is 1. The van der Waals surface area contributed by atoms with Crippen molar-refractivity contribution >= 4 is 21.5 Å². The Morgan fingerprint density at radius 3 is 2.71 bits per heavy atom. The molecule has 0 atom stereocenters. The molecule has 0 saturated heterocycles. The summed E-state index contributed by atoms with van der Waals surface area (Å²) in [5, 5.41) is 0. The zero-order chi connectivity index (χ0) is 16.9. The summed E-state index contributed by atoms with van der Waals surface area (Å²) in [4.78, 5) is 12.3. The number of hydrogen-bond donors (Lipinski definition) is 0. The van der Waals surface area contributed by atoms with Crippen LogP contribution in [-0.2, 0) is 10.0 Å². The molecule has 0 amide bonds. The number of benzene rings is 2. The molecule has 24 heavy (non-hydrogen) atoms. The highest BCUT2D eigenvalue weighted by Crippen LogP contribution is 2.38. The number of aryl methyl sites for hydroxylation is 1. The first kappa shape index (κ1) is 15.0. The van der Waals surface area contributed by atoms with Crippen molar-refractivity contribution in [3.05, 3.63) is 47.5 Å². The van der Waals surface area contributed by atoms with Crippen LogP contribution in [0.3, 0.4) is 0 Å². The second-order valence-electron chi connectivity index (χ2n) is 5.74. The fraction of sp³-hybridized carbons (Fsp3) is 0.235. The minimum absolute atomic E-state index is 0.0363. The monoisotopic (exact) mass is 345 g/mol. The molecule has 0 aromatic heterocycles. The maximum Gasteiger partial charge on any atom is 0.264 e. The van der Waals surface area contributed by atoms with E-state index in [1.165, 1.54) is 16.4 Å². The molecule has 2 aromatic carbocycles. The van der Waals surface area contributed by atoms with Crippen LogP contribution in [0, 0.1) is 6.92 Å². The van der Waals surface area contributed by atoms with E-state index in [9.17, 15) is 13.2 Å². The molecule has 0 fully saturated rings. The predicted molar refractivity (Wildman–Crippen MR) is 87.2 cm³/mol. The molecule has 0 N–H and O–H groups in total. The first-order valence-corrected chi connectivity index (χ1v) is 8.98. The van der Waals surface area contributed by atoms with Gasteiger partial charge in [0.25, 0.3) is 10.0 Å². The maximum absolute atomic E-state index is 13.1. The van der Waals surface area contributed by atoms with E-state index < -0.39 is 10.0 Å². The minimum Gasteiger partial charge on any atom is -0.454 e. The van der Waals surface area contributed by atoms with E-state index in [0.717, 1.165) is 5.56 Å². The predicted octanol–water partition coefficient (Wildman–Crippen LogP) is 2.51. The number of ketones is 1. The molecule has 0 bridgehead atoms. The zero-order valence-corrected chi connectivity index (χ0v) is 13.8. The molecule has 2 aliphatic heterocycles. The third kappa shape index (κ3) is 2.16. The molecule has 2 aromatic rings. The minimum atomic E-state index is -3.80. The molecule has 0 aliphatic carbocycles. The molecule has 0 radical (unpaired) electrons. The van der Waals surface area contributed by atoms with Gasteiger partial charge in [-0.1, -0.05) is 12.1 Å². The first-order valence-electron chi connectivity index (χ1n) is 7.54. The fourth-order valence-corrected chi connectivity index (χ4v) is 4.63. The average molecular weight is 345 g/mol. The Morgan fingerprint density at radius 2 is 1.88 bits per heavy atom. The van der Waals surface area contributed by atoms with Gasteiger partial charge in [-0.25, -0.2) is 8.42 Å². The summed E-state index contributed by atoms with van der Waals surface area (Å²) in [6.07, 6.45) is 0.167.